The highest BCUT2D eigenvalue weighted by molar-refractivity contribution is 7.92. The molecule has 0 heterocycles. The minimum absolute atomic E-state index is 0.0904. The summed E-state index contributed by atoms with van der Waals surface area (Å²) in [5, 5.41) is 2.99. The van der Waals surface area contributed by atoms with E-state index >= 15 is 0 Å². The molecule has 3 rings (SSSR count). The molecule has 0 saturated carbocycles. The molecule has 3 aromatic rings. The predicted octanol–water partition coefficient (Wildman–Crippen LogP) is 4.95. The number of carbonyl (C=O) groups is 2. The molecule has 8 heteroatoms. The van der Waals surface area contributed by atoms with Crippen LogP contribution < -0.4 is 9.62 Å². The van der Waals surface area contributed by atoms with Gasteiger partial charge < -0.3 is 10.2 Å². The molecular weight excluding hydrogens is 510 g/mol. The van der Waals surface area contributed by atoms with Crippen LogP contribution in [0.5, 0.6) is 0 Å². The first-order valence-electron chi connectivity index (χ1n) is 13.2. The smallest absolute Gasteiger partial charge is 0.264 e. The van der Waals surface area contributed by atoms with E-state index in [2.05, 4.69) is 5.32 Å². The number of anilines is 1. The molecule has 0 aromatic heterocycles. The van der Waals surface area contributed by atoms with E-state index in [0.29, 0.717) is 18.5 Å². The lowest BCUT2D eigenvalue weighted by molar-refractivity contribution is -0.140. The molecule has 208 valence electrons. The quantitative estimate of drug-likeness (QED) is 0.367. The van der Waals surface area contributed by atoms with Gasteiger partial charge in [0.2, 0.25) is 11.8 Å². The summed E-state index contributed by atoms with van der Waals surface area (Å²) in [6, 6.07) is 24.1. The van der Waals surface area contributed by atoms with Gasteiger partial charge in [-0.1, -0.05) is 67.6 Å². The molecule has 0 spiro atoms. The largest absolute Gasteiger partial charge is 0.350 e. The first-order chi connectivity index (χ1) is 18.4. The SMILES string of the molecule is CC[C@@H](C(=O)NC(C)(C)C)N(CCc1ccccc1)C(=O)CN(c1cccc(C)c1)S(=O)(=O)c1ccccc1. The molecule has 0 unspecified atom stereocenters. The zero-order valence-corrected chi connectivity index (χ0v) is 24.2. The van der Waals surface area contributed by atoms with Crippen molar-refractivity contribution in [1.29, 1.82) is 0 Å². The summed E-state index contributed by atoms with van der Waals surface area (Å²) in [6.45, 7) is 9.23. The van der Waals surface area contributed by atoms with Crippen molar-refractivity contribution in [2.75, 3.05) is 17.4 Å². The summed E-state index contributed by atoms with van der Waals surface area (Å²) in [4.78, 5) is 29.0. The fraction of sp³-hybridized carbons (Fsp3) is 0.355. The second-order valence-electron chi connectivity index (χ2n) is 10.6. The third-order valence-corrected chi connectivity index (χ3v) is 8.06. The van der Waals surface area contributed by atoms with E-state index < -0.39 is 34.1 Å². The van der Waals surface area contributed by atoms with Gasteiger partial charge in [-0.05, 0) is 75.9 Å². The molecule has 1 N–H and O–H groups in total. The van der Waals surface area contributed by atoms with Crippen molar-refractivity contribution < 1.29 is 18.0 Å². The van der Waals surface area contributed by atoms with E-state index in [1.54, 1.807) is 36.4 Å². The summed E-state index contributed by atoms with van der Waals surface area (Å²) >= 11 is 0. The zero-order valence-electron chi connectivity index (χ0n) is 23.4. The number of benzene rings is 3. The third kappa shape index (κ3) is 8.17. The van der Waals surface area contributed by atoms with Gasteiger partial charge in [0.05, 0.1) is 10.6 Å². The highest BCUT2D eigenvalue weighted by Gasteiger charge is 2.34. The van der Waals surface area contributed by atoms with Crippen molar-refractivity contribution in [2.24, 2.45) is 0 Å². The van der Waals surface area contributed by atoms with Crippen LogP contribution >= 0.6 is 0 Å². The standard InChI is InChI=1S/C31H39N3O4S/c1-6-28(30(36)32-31(3,4)5)33(21-20-25-15-9-7-10-16-25)29(35)23-34(26-17-13-14-24(2)22-26)39(37,38)27-18-11-8-12-19-27/h7-19,22,28H,6,20-21,23H2,1-5H3,(H,32,36)/t28-/m0/s1. The van der Waals surface area contributed by atoms with E-state index in [1.165, 1.54) is 17.0 Å². The summed E-state index contributed by atoms with van der Waals surface area (Å²) in [6.07, 6.45) is 0.917. The van der Waals surface area contributed by atoms with Gasteiger partial charge in [0, 0.05) is 12.1 Å². The second-order valence-corrected chi connectivity index (χ2v) is 12.5. The Labute approximate surface area is 232 Å². The number of nitrogens with one attached hydrogen (secondary N) is 1. The van der Waals surface area contributed by atoms with E-state index in [9.17, 15) is 18.0 Å². The van der Waals surface area contributed by atoms with Gasteiger partial charge in [-0.2, -0.15) is 0 Å². The number of nitrogens with zero attached hydrogens (tertiary/aromatic N) is 2. The monoisotopic (exact) mass is 549 g/mol. The number of carbonyl (C=O) groups excluding carboxylic acids is 2. The van der Waals surface area contributed by atoms with Crippen LogP contribution in [-0.2, 0) is 26.0 Å². The normalized spacial score (nSPS) is 12.4. The van der Waals surface area contributed by atoms with Crippen LogP contribution in [0.2, 0.25) is 0 Å². The average molecular weight is 550 g/mol. The zero-order chi connectivity index (χ0) is 28.6. The Morgan fingerprint density at radius 1 is 0.897 bits per heavy atom. The number of amides is 2. The molecule has 0 saturated heterocycles. The fourth-order valence-corrected chi connectivity index (χ4v) is 5.81. The van der Waals surface area contributed by atoms with Crippen LogP contribution in [0.3, 0.4) is 0 Å². The van der Waals surface area contributed by atoms with Gasteiger partial charge in [0.15, 0.2) is 0 Å². The topological polar surface area (TPSA) is 86.8 Å². The van der Waals surface area contributed by atoms with Crippen LogP contribution in [0, 0.1) is 6.92 Å². The Hall–Kier alpha value is -3.65. The van der Waals surface area contributed by atoms with Crippen LogP contribution in [0.1, 0.15) is 45.2 Å². The Bertz CT molecular complexity index is 1350. The lowest BCUT2D eigenvalue weighted by Gasteiger charge is -2.34. The van der Waals surface area contributed by atoms with Gasteiger partial charge in [-0.25, -0.2) is 8.42 Å². The van der Waals surface area contributed by atoms with Crippen molar-refractivity contribution in [3.8, 4) is 0 Å². The Balaban J connectivity index is 2.01. The number of hydrogen-bond donors (Lipinski definition) is 1. The maximum absolute atomic E-state index is 14.0. The molecule has 1 atom stereocenters. The molecule has 0 aliphatic rings. The van der Waals surface area contributed by atoms with E-state index in [4.69, 9.17) is 0 Å². The van der Waals surface area contributed by atoms with Crippen molar-refractivity contribution in [3.63, 3.8) is 0 Å². The van der Waals surface area contributed by atoms with Crippen LogP contribution in [0.15, 0.2) is 89.8 Å². The van der Waals surface area contributed by atoms with Gasteiger partial charge in [0.1, 0.15) is 12.6 Å². The van der Waals surface area contributed by atoms with E-state index in [1.807, 2.05) is 71.0 Å². The third-order valence-electron chi connectivity index (χ3n) is 6.27. The van der Waals surface area contributed by atoms with E-state index in [0.717, 1.165) is 15.4 Å². The molecule has 0 bridgehead atoms. The van der Waals surface area contributed by atoms with Crippen LogP contribution in [0.25, 0.3) is 0 Å². The molecule has 0 aliphatic carbocycles. The molecular formula is C31H39N3O4S. The summed E-state index contributed by atoms with van der Waals surface area (Å²) in [7, 11) is -4.06. The van der Waals surface area contributed by atoms with Crippen molar-refractivity contribution in [3.05, 3.63) is 96.1 Å². The van der Waals surface area contributed by atoms with Crippen LogP contribution in [0.4, 0.5) is 5.69 Å². The Morgan fingerprint density at radius 3 is 2.08 bits per heavy atom. The first kappa shape index (κ1) is 29.9. The number of aryl methyl sites for hydroxylation is 1. The van der Waals surface area contributed by atoms with Gasteiger partial charge in [-0.3, -0.25) is 13.9 Å². The Kier molecular flexibility index (Phi) is 9.92. The first-order valence-corrected chi connectivity index (χ1v) is 14.7. The number of hydrogen-bond acceptors (Lipinski definition) is 4. The van der Waals surface area contributed by atoms with Crippen molar-refractivity contribution >= 4 is 27.5 Å². The lowest BCUT2D eigenvalue weighted by atomic mass is 10.1. The highest BCUT2D eigenvalue weighted by atomic mass is 32.2. The summed E-state index contributed by atoms with van der Waals surface area (Å²) < 4.78 is 28.8. The second kappa shape index (κ2) is 12.9. The van der Waals surface area contributed by atoms with Gasteiger partial charge in [-0.15, -0.1) is 0 Å². The number of rotatable bonds is 11. The van der Waals surface area contributed by atoms with Gasteiger partial charge >= 0.3 is 0 Å². The van der Waals surface area contributed by atoms with E-state index in [-0.39, 0.29) is 17.3 Å². The molecule has 2 amide bonds. The maximum atomic E-state index is 14.0. The molecule has 7 nitrogen and oxygen atoms in total. The minimum atomic E-state index is -4.06. The van der Waals surface area contributed by atoms with Crippen molar-refractivity contribution in [1.82, 2.24) is 10.2 Å². The Morgan fingerprint density at radius 2 is 1.51 bits per heavy atom. The highest BCUT2D eigenvalue weighted by Crippen LogP contribution is 2.25. The lowest BCUT2D eigenvalue weighted by Crippen LogP contribution is -2.56. The minimum Gasteiger partial charge on any atom is -0.350 e. The van der Waals surface area contributed by atoms with Crippen molar-refractivity contribution in [2.45, 2.75) is 63.9 Å². The molecule has 39 heavy (non-hydrogen) atoms. The van der Waals surface area contributed by atoms with Gasteiger partial charge in [0.25, 0.3) is 10.0 Å². The fourth-order valence-electron chi connectivity index (χ4n) is 4.38. The molecule has 3 aromatic carbocycles. The molecule has 0 aliphatic heterocycles. The number of sulfonamides is 1. The predicted molar refractivity (Wildman–Crippen MR) is 156 cm³/mol. The maximum Gasteiger partial charge on any atom is 0.264 e. The summed E-state index contributed by atoms with van der Waals surface area (Å²) in [5.41, 5.74) is 1.80. The van der Waals surface area contributed by atoms with Crippen LogP contribution in [-0.4, -0.2) is 49.8 Å². The average Bonchev–Trinajstić information content (AvgIpc) is 2.89. The molecule has 0 fully saturated rings. The summed E-state index contributed by atoms with van der Waals surface area (Å²) in [5.74, 6) is -0.706. The molecule has 0 radical (unpaired) electrons.